The summed E-state index contributed by atoms with van der Waals surface area (Å²) in [6.45, 7) is 1.03. The molecule has 0 atom stereocenters. The fourth-order valence-corrected chi connectivity index (χ4v) is 1.67. The zero-order valence-corrected chi connectivity index (χ0v) is 13.5. The molecule has 0 aliphatic rings. The lowest BCUT2D eigenvalue weighted by Crippen LogP contribution is -2.30. The van der Waals surface area contributed by atoms with Gasteiger partial charge in [0.2, 0.25) is 0 Å². The summed E-state index contributed by atoms with van der Waals surface area (Å²) in [5.74, 6) is -1.87. The van der Waals surface area contributed by atoms with Crippen molar-refractivity contribution in [3.05, 3.63) is 18.0 Å². The Morgan fingerprint density at radius 1 is 1.24 bits per heavy atom. The van der Waals surface area contributed by atoms with Gasteiger partial charge in [-0.1, -0.05) is 0 Å². The number of esters is 2. The number of hydrogen-bond acceptors (Lipinski definition) is 6. The van der Waals surface area contributed by atoms with Crippen molar-refractivity contribution in [2.75, 3.05) is 19.8 Å². The summed E-state index contributed by atoms with van der Waals surface area (Å²) in [7, 11) is 0. The third-order valence-electron chi connectivity index (χ3n) is 2.77. The van der Waals surface area contributed by atoms with Crippen LogP contribution in [-0.4, -0.2) is 47.4 Å². The summed E-state index contributed by atoms with van der Waals surface area (Å²) in [6.07, 6.45) is -3.10. The van der Waals surface area contributed by atoms with E-state index in [1.165, 1.54) is 0 Å². The van der Waals surface area contributed by atoms with Crippen molar-refractivity contribution in [2.45, 2.75) is 32.5 Å². The smallest absolute Gasteiger partial charge is 0.435 e. The fraction of sp³-hybridized carbons (Fsp3) is 0.571. The minimum atomic E-state index is -4.60. The molecule has 0 fully saturated rings. The largest absolute Gasteiger partial charge is 0.466 e. The third kappa shape index (κ3) is 8.18. The number of hydrogen-bond donors (Lipinski definition) is 1. The van der Waals surface area contributed by atoms with Crippen LogP contribution in [0.2, 0.25) is 0 Å². The molecule has 0 aliphatic carbocycles. The number of carbonyl (C=O) groups excluding carboxylic acids is 3. The van der Waals surface area contributed by atoms with Crippen LogP contribution in [0.15, 0.2) is 12.3 Å². The summed E-state index contributed by atoms with van der Waals surface area (Å²) in [6, 6.07) is 0.726. The van der Waals surface area contributed by atoms with E-state index in [4.69, 9.17) is 4.74 Å². The Morgan fingerprint density at radius 3 is 2.56 bits per heavy atom. The van der Waals surface area contributed by atoms with Gasteiger partial charge in [0.1, 0.15) is 6.54 Å². The Hall–Kier alpha value is -2.59. The van der Waals surface area contributed by atoms with Crippen LogP contribution in [0, 0.1) is 0 Å². The highest BCUT2D eigenvalue weighted by atomic mass is 19.4. The number of amides is 1. The molecule has 1 rings (SSSR count). The van der Waals surface area contributed by atoms with Crippen LogP contribution in [0.25, 0.3) is 0 Å². The van der Waals surface area contributed by atoms with Gasteiger partial charge in [0.05, 0.1) is 6.61 Å². The number of nitrogens with one attached hydrogen (secondary N) is 1. The molecule has 1 aromatic heterocycles. The molecular weight excluding hydrogens is 347 g/mol. The van der Waals surface area contributed by atoms with E-state index in [-0.39, 0.29) is 25.5 Å². The highest BCUT2D eigenvalue weighted by molar-refractivity contribution is 5.80. The predicted molar refractivity (Wildman–Crippen MR) is 77.1 cm³/mol. The van der Waals surface area contributed by atoms with Crippen LogP contribution in [0.4, 0.5) is 13.2 Å². The number of alkyl halides is 3. The lowest BCUT2D eigenvalue weighted by molar-refractivity contribution is -0.150. The van der Waals surface area contributed by atoms with Gasteiger partial charge >= 0.3 is 18.1 Å². The van der Waals surface area contributed by atoms with Crippen LogP contribution >= 0.6 is 0 Å². The van der Waals surface area contributed by atoms with Crippen molar-refractivity contribution in [1.82, 2.24) is 15.1 Å². The maximum Gasteiger partial charge on any atom is 0.435 e. The normalized spacial score (nSPS) is 11.0. The number of rotatable bonds is 9. The molecular formula is C14H18F3N3O5. The summed E-state index contributed by atoms with van der Waals surface area (Å²) < 4.78 is 47.2. The number of halogens is 3. The van der Waals surface area contributed by atoms with Crippen molar-refractivity contribution >= 4 is 17.8 Å². The van der Waals surface area contributed by atoms with E-state index in [1.807, 2.05) is 0 Å². The van der Waals surface area contributed by atoms with Crippen LogP contribution in [0.3, 0.4) is 0 Å². The second-order valence-corrected chi connectivity index (χ2v) is 4.82. The van der Waals surface area contributed by atoms with Crippen LogP contribution in [-0.2, 0) is 36.6 Å². The van der Waals surface area contributed by atoms with Crippen LogP contribution in [0.1, 0.15) is 25.5 Å². The molecule has 140 valence electrons. The molecule has 0 bridgehead atoms. The first-order chi connectivity index (χ1) is 11.7. The Kier molecular flexibility index (Phi) is 7.89. The highest BCUT2D eigenvalue weighted by Gasteiger charge is 2.33. The molecule has 8 nitrogen and oxygen atoms in total. The molecule has 1 amide bonds. The molecule has 0 spiro atoms. The van der Waals surface area contributed by atoms with Gasteiger partial charge in [-0.15, -0.1) is 0 Å². The summed E-state index contributed by atoms with van der Waals surface area (Å²) >= 11 is 0. The molecule has 25 heavy (non-hydrogen) atoms. The fourth-order valence-electron chi connectivity index (χ4n) is 1.67. The van der Waals surface area contributed by atoms with E-state index in [9.17, 15) is 27.6 Å². The maximum absolute atomic E-state index is 12.4. The predicted octanol–water partition coefficient (Wildman–Crippen LogP) is 0.905. The zero-order valence-electron chi connectivity index (χ0n) is 13.5. The van der Waals surface area contributed by atoms with E-state index in [0.29, 0.717) is 6.42 Å². The molecule has 0 unspecified atom stereocenters. The van der Waals surface area contributed by atoms with Crippen LogP contribution < -0.4 is 5.32 Å². The summed E-state index contributed by atoms with van der Waals surface area (Å²) in [5, 5.41) is 5.62. The Labute approximate surface area is 141 Å². The second kappa shape index (κ2) is 9.64. The van der Waals surface area contributed by atoms with Crippen LogP contribution in [0.5, 0.6) is 0 Å². The molecule has 1 heterocycles. The quantitative estimate of drug-likeness (QED) is 0.516. The van der Waals surface area contributed by atoms with Gasteiger partial charge in [0.15, 0.2) is 12.3 Å². The first-order valence-electron chi connectivity index (χ1n) is 7.41. The van der Waals surface area contributed by atoms with Gasteiger partial charge in [0.25, 0.3) is 5.91 Å². The molecule has 1 N–H and O–H groups in total. The number of aromatic nitrogens is 2. The van der Waals surface area contributed by atoms with Gasteiger partial charge in [-0.25, -0.2) is 0 Å². The monoisotopic (exact) mass is 365 g/mol. The second-order valence-electron chi connectivity index (χ2n) is 4.82. The maximum atomic E-state index is 12.4. The summed E-state index contributed by atoms with van der Waals surface area (Å²) in [5.41, 5.74) is -1.13. The van der Waals surface area contributed by atoms with E-state index >= 15 is 0 Å². The van der Waals surface area contributed by atoms with E-state index in [1.54, 1.807) is 6.92 Å². The Balaban J connectivity index is 2.22. The first kappa shape index (κ1) is 20.5. The molecule has 0 radical (unpaired) electrons. The van der Waals surface area contributed by atoms with Crippen molar-refractivity contribution in [2.24, 2.45) is 0 Å². The molecule has 0 aliphatic heterocycles. The first-order valence-corrected chi connectivity index (χ1v) is 7.41. The summed E-state index contributed by atoms with van der Waals surface area (Å²) in [4.78, 5) is 33.9. The van der Waals surface area contributed by atoms with Gasteiger partial charge in [-0.2, -0.15) is 18.3 Å². The number of carbonyl (C=O) groups is 3. The van der Waals surface area contributed by atoms with E-state index in [2.05, 4.69) is 15.2 Å². The average Bonchev–Trinajstić information content (AvgIpc) is 2.98. The minimum absolute atomic E-state index is 0.148. The van der Waals surface area contributed by atoms with Crippen molar-refractivity contribution in [3.63, 3.8) is 0 Å². The van der Waals surface area contributed by atoms with Gasteiger partial charge in [-0.05, 0) is 19.4 Å². The molecule has 11 heteroatoms. The lowest BCUT2D eigenvalue weighted by atomic mass is 10.3. The van der Waals surface area contributed by atoms with E-state index in [0.717, 1.165) is 16.9 Å². The number of ether oxygens (including phenoxy) is 2. The molecule has 1 aromatic rings. The van der Waals surface area contributed by atoms with Gasteiger partial charge in [0, 0.05) is 19.2 Å². The topological polar surface area (TPSA) is 99.5 Å². The Morgan fingerprint density at radius 2 is 1.96 bits per heavy atom. The third-order valence-corrected chi connectivity index (χ3v) is 2.77. The lowest BCUT2D eigenvalue weighted by Gasteiger charge is -2.07. The van der Waals surface area contributed by atoms with Crippen molar-refractivity contribution in [1.29, 1.82) is 0 Å². The Bertz CT molecular complexity index is 601. The standard InChI is InChI=1S/C14H18F3N3O5/c1-2-24-12(22)4-3-6-18-11(21)9-25-13(23)8-20-7-5-10(19-20)14(15,16)17/h5,7H,2-4,6,8-9H2,1H3,(H,18,21). The van der Waals surface area contributed by atoms with Gasteiger partial charge in [-0.3, -0.25) is 19.1 Å². The van der Waals surface area contributed by atoms with Gasteiger partial charge < -0.3 is 14.8 Å². The number of nitrogens with zero attached hydrogens (tertiary/aromatic N) is 2. The minimum Gasteiger partial charge on any atom is -0.466 e. The van der Waals surface area contributed by atoms with E-state index < -0.39 is 36.9 Å². The molecule has 0 saturated heterocycles. The van der Waals surface area contributed by atoms with Crippen molar-refractivity contribution in [3.8, 4) is 0 Å². The highest BCUT2D eigenvalue weighted by Crippen LogP contribution is 2.27. The SMILES string of the molecule is CCOC(=O)CCCNC(=O)COC(=O)Cn1ccc(C(F)(F)F)n1. The zero-order chi connectivity index (χ0) is 18.9. The molecule has 0 saturated carbocycles. The molecule has 0 aromatic carbocycles. The van der Waals surface area contributed by atoms with Crippen molar-refractivity contribution < 1.29 is 37.0 Å². The average molecular weight is 365 g/mol.